The number of carbonyl (C=O) groups is 3. The first-order valence-electron chi connectivity index (χ1n) is 6.53. The van der Waals surface area contributed by atoms with Crippen molar-refractivity contribution in [3.63, 3.8) is 0 Å². The molecule has 1 aliphatic heterocycles. The van der Waals surface area contributed by atoms with E-state index in [4.69, 9.17) is 9.47 Å². The van der Waals surface area contributed by atoms with Gasteiger partial charge in [0.2, 0.25) is 5.91 Å². The Labute approximate surface area is 122 Å². The highest BCUT2D eigenvalue weighted by atomic mass is 16.5. The fourth-order valence-electron chi connectivity index (χ4n) is 2.55. The number of carbonyl (C=O) groups excluding carboxylic acids is 3. The van der Waals surface area contributed by atoms with E-state index in [0.29, 0.717) is 17.0 Å². The highest BCUT2D eigenvalue weighted by Gasteiger charge is 2.54. The fourth-order valence-corrected chi connectivity index (χ4v) is 2.55. The minimum absolute atomic E-state index is 0.0704. The molecule has 0 bridgehead atoms. The summed E-state index contributed by atoms with van der Waals surface area (Å²) in [5.74, 6) is -0.712. The van der Waals surface area contributed by atoms with Crippen LogP contribution in [-0.4, -0.2) is 31.9 Å². The maximum Gasteiger partial charge on any atom is 0.326 e. The summed E-state index contributed by atoms with van der Waals surface area (Å²) in [6, 6.07) is 4.99. The van der Waals surface area contributed by atoms with Gasteiger partial charge < -0.3 is 19.6 Å². The fraction of sp³-hybridized carbons (Fsp3) is 0.400. The largest absolute Gasteiger partial charge is 0.497 e. The second-order valence-corrected chi connectivity index (χ2v) is 4.96. The van der Waals surface area contributed by atoms with Crippen LogP contribution >= 0.6 is 0 Å². The summed E-state index contributed by atoms with van der Waals surface area (Å²) >= 11 is 0. The van der Waals surface area contributed by atoms with Crippen LogP contribution in [-0.2, 0) is 24.5 Å². The summed E-state index contributed by atoms with van der Waals surface area (Å²) < 4.78 is 9.97. The van der Waals surface area contributed by atoms with Crippen LogP contribution in [0, 0.1) is 0 Å². The van der Waals surface area contributed by atoms with Gasteiger partial charge in [0.1, 0.15) is 11.5 Å². The molecule has 0 aromatic heterocycles. The number of nitrogens with one attached hydrogen (secondary N) is 1. The third kappa shape index (κ3) is 2.37. The summed E-state index contributed by atoms with van der Waals surface area (Å²) in [7, 11) is 2.73. The first-order chi connectivity index (χ1) is 9.95. The van der Waals surface area contributed by atoms with Gasteiger partial charge in [-0.05, 0) is 31.5 Å². The summed E-state index contributed by atoms with van der Waals surface area (Å²) in [6.45, 7) is 1.42. The van der Waals surface area contributed by atoms with E-state index >= 15 is 0 Å². The molecule has 1 amide bonds. The van der Waals surface area contributed by atoms with Crippen molar-refractivity contribution in [2.75, 3.05) is 19.5 Å². The van der Waals surface area contributed by atoms with Crippen LogP contribution in [0.3, 0.4) is 0 Å². The zero-order valence-electron chi connectivity index (χ0n) is 12.2. The maximum atomic E-state index is 12.4. The molecule has 1 unspecified atom stereocenters. The molecule has 21 heavy (non-hydrogen) atoms. The van der Waals surface area contributed by atoms with Crippen LogP contribution in [0.2, 0.25) is 0 Å². The lowest BCUT2D eigenvalue weighted by Gasteiger charge is -2.24. The van der Waals surface area contributed by atoms with Crippen molar-refractivity contribution in [3.05, 3.63) is 23.8 Å². The van der Waals surface area contributed by atoms with Gasteiger partial charge in [-0.15, -0.1) is 0 Å². The molecule has 1 aliphatic rings. The number of rotatable bonds is 5. The Morgan fingerprint density at radius 3 is 2.57 bits per heavy atom. The summed E-state index contributed by atoms with van der Waals surface area (Å²) in [5.41, 5.74) is -0.473. The number of fused-ring (bicyclic) bond motifs is 1. The van der Waals surface area contributed by atoms with Gasteiger partial charge in [0, 0.05) is 17.7 Å². The molecule has 0 spiro atoms. The van der Waals surface area contributed by atoms with Crippen LogP contribution < -0.4 is 10.1 Å². The van der Waals surface area contributed by atoms with E-state index in [9.17, 15) is 14.4 Å². The highest BCUT2D eigenvalue weighted by Crippen LogP contribution is 2.43. The molecule has 1 aromatic rings. The molecule has 0 fully saturated rings. The molecule has 0 radical (unpaired) electrons. The Hall–Kier alpha value is -2.37. The van der Waals surface area contributed by atoms with Crippen LogP contribution in [0.15, 0.2) is 18.2 Å². The SMILES string of the molecule is COC(=O)C1(CCC(C)=O)C(=O)Nc2ccc(OC)cc21. The molecule has 2 rings (SSSR count). The second kappa shape index (κ2) is 5.55. The summed E-state index contributed by atoms with van der Waals surface area (Å²) in [5, 5.41) is 2.67. The minimum atomic E-state index is -1.50. The van der Waals surface area contributed by atoms with Crippen molar-refractivity contribution >= 4 is 23.3 Å². The monoisotopic (exact) mass is 291 g/mol. The number of benzene rings is 1. The quantitative estimate of drug-likeness (QED) is 0.655. The first-order valence-corrected chi connectivity index (χ1v) is 6.53. The van der Waals surface area contributed by atoms with Crippen molar-refractivity contribution in [1.82, 2.24) is 0 Å². The molecule has 0 aliphatic carbocycles. The molecular weight excluding hydrogens is 274 g/mol. The summed E-state index contributed by atoms with van der Waals surface area (Å²) in [6.07, 6.45) is 0.181. The molecule has 1 aromatic carbocycles. The summed E-state index contributed by atoms with van der Waals surface area (Å²) in [4.78, 5) is 36.0. The van der Waals surface area contributed by atoms with Gasteiger partial charge in [-0.2, -0.15) is 0 Å². The van der Waals surface area contributed by atoms with Crippen molar-refractivity contribution in [2.24, 2.45) is 0 Å². The van der Waals surface area contributed by atoms with Gasteiger partial charge in [0.25, 0.3) is 0 Å². The van der Waals surface area contributed by atoms with Gasteiger partial charge in [0.05, 0.1) is 14.2 Å². The number of Topliss-reactive ketones (excluding diaryl/α,β-unsaturated/α-hetero) is 1. The van der Waals surface area contributed by atoms with Gasteiger partial charge in [-0.25, -0.2) is 0 Å². The van der Waals surface area contributed by atoms with Crippen LogP contribution in [0.25, 0.3) is 0 Å². The average Bonchev–Trinajstić information content (AvgIpc) is 2.76. The number of anilines is 1. The lowest BCUT2D eigenvalue weighted by atomic mass is 9.77. The Kier molecular flexibility index (Phi) is 3.97. The Morgan fingerprint density at radius 1 is 1.29 bits per heavy atom. The van der Waals surface area contributed by atoms with E-state index in [-0.39, 0.29) is 18.6 Å². The highest BCUT2D eigenvalue weighted by molar-refractivity contribution is 6.19. The van der Waals surface area contributed by atoms with Gasteiger partial charge in [-0.3, -0.25) is 9.59 Å². The van der Waals surface area contributed by atoms with Crippen LogP contribution in [0.5, 0.6) is 5.75 Å². The molecule has 1 N–H and O–H groups in total. The standard InChI is InChI=1S/C15H17NO5/c1-9(17)6-7-15(14(19)21-3)11-8-10(20-2)4-5-12(11)16-13(15)18/h4-5,8H,6-7H2,1-3H3,(H,16,18). The minimum Gasteiger partial charge on any atom is -0.497 e. The molecule has 6 heteroatoms. The Morgan fingerprint density at radius 2 is 2.00 bits per heavy atom. The van der Waals surface area contributed by atoms with Crippen LogP contribution in [0.1, 0.15) is 25.3 Å². The normalized spacial score (nSPS) is 19.7. The zero-order chi connectivity index (χ0) is 15.6. The first kappa shape index (κ1) is 15.0. The molecular formula is C15H17NO5. The topological polar surface area (TPSA) is 81.7 Å². The third-order valence-electron chi connectivity index (χ3n) is 3.71. The van der Waals surface area contributed by atoms with E-state index in [1.807, 2.05) is 0 Å². The van der Waals surface area contributed by atoms with Gasteiger partial charge >= 0.3 is 5.97 Å². The molecule has 1 heterocycles. The lowest BCUT2D eigenvalue weighted by molar-refractivity contribution is -0.151. The van der Waals surface area contributed by atoms with Crippen molar-refractivity contribution in [2.45, 2.75) is 25.2 Å². The average molecular weight is 291 g/mol. The van der Waals surface area contributed by atoms with E-state index < -0.39 is 17.3 Å². The van der Waals surface area contributed by atoms with E-state index in [0.717, 1.165) is 0 Å². The molecule has 6 nitrogen and oxygen atoms in total. The third-order valence-corrected chi connectivity index (χ3v) is 3.71. The maximum absolute atomic E-state index is 12.4. The molecule has 0 saturated carbocycles. The predicted octanol–water partition coefficient (Wildman–Crippen LogP) is 1.43. The lowest BCUT2D eigenvalue weighted by Crippen LogP contribution is -2.43. The number of hydrogen-bond acceptors (Lipinski definition) is 5. The van der Waals surface area contributed by atoms with Crippen LogP contribution in [0.4, 0.5) is 5.69 Å². The van der Waals surface area contributed by atoms with E-state index in [1.54, 1.807) is 18.2 Å². The molecule has 1 atom stereocenters. The second-order valence-electron chi connectivity index (χ2n) is 4.96. The number of esters is 1. The zero-order valence-corrected chi connectivity index (χ0v) is 12.2. The number of hydrogen-bond donors (Lipinski definition) is 1. The number of amides is 1. The smallest absolute Gasteiger partial charge is 0.326 e. The van der Waals surface area contributed by atoms with Crippen molar-refractivity contribution in [3.8, 4) is 5.75 Å². The predicted molar refractivity (Wildman–Crippen MR) is 75.2 cm³/mol. The number of methoxy groups -OCH3 is 2. The number of ether oxygens (including phenoxy) is 2. The van der Waals surface area contributed by atoms with Gasteiger partial charge in [0.15, 0.2) is 5.41 Å². The van der Waals surface area contributed by atoms with E-state index in [2.05, 4.69) is 5.32 Å². The van der Waals surface area contributed by atoms with Crippen molar-refractivity contribution in [1.29, 1.82) is 0 Å². The Bertz CT molecular complexity index is 600. The van der Waals surface area contributed by atoms with Crippen molar-refractivity contribution < 1.29 is 23.9 Å². The van der Waals surface area contributed by atoms with E-state index in [1.165, 1.54) is 21.1 Å². The van der Waals surface area contributed by atoms with Gasteiger partial charge in [-0.1, -0.05) is 0 Å². The Balaban J connectivity index is 2.57. The number of ketones is 1. The molecule has 112 valence electrons. The molecule has 0 saturated heterocycles.